The maximum Gasteiger partial charge on any atom is 0.189 e. The molecule has 1 atom stereocenters. The SMILES string of the molecule is C.C#Cc1cnc(C(C)(C)C)[nH]1.C#Cc1nc(C(C)(C)C)[nH]c1C.C=S(C)C1=NC(C(C)(C)C)=CC1.CC(=O)c1cnc(C(C)(C)C)[nH]1.CC(C)(C)C1=CCC(S(C)(=O)=O)=N1.CC(C)(C)c1ncc(Br)[nH]1.CC(C)(C)c1ncc(Cl)[nH]1.CSC1=NC(C(C)(C)C)=CC1.Cc1[nH]c(C(C)(C)C)nc1Cl.Cc1cnc(C(C)(C)C)[nH]1. The van der Waals surface area contributed by atoms with Gasteiger partial charge in [-0.1, -0.05) is 268 Å². The van der Waals surface area contributed by atoms with Gasteiger partial charge >= 0.3 is 0 Å². The highest BCUT2D eigenvalue weighted by molar-refractivity contribution is 9.10. The second kappa shape index (κ2) is 43.3. The Morgan fingerprint density at radius 1 is 0.496 bits per heavy atom. The summed E-state index contributed by atoms with van der Waals surface area (Å²) in [6, 6.07) is 0. The number of hydrogen-bond donors (Lipinski definition) is 7. The van der Waals surface area contributed by atoms with Crippen molar-refractivity contribution in [3.8, 4) is 24.7 Å². The summed E-state index contributed by atoms with van der Waals surface area (Å²) in [6.07, 6.45) is 33.2. The van der Waals surface area contributed by atoms with Crippen LogP contribution >= 0.6 is 61.4 Å². The van der Waals surface area contributed by atoms with E-state index in [1.807, 2.05) is 53.8 Å². The number of allylic oxidation sites excluding steroid dienone is 6. The van der Waals surface area contributed by atoms with Crippen LogP contribution in [0.4, 0.5) is 0 Å². The van der Waals surface area contributed by atoms with Crippen LogP contribution in [0.2, 0.25) is 10.3 Å². The number of terminal acetylenes is 2. The van der Waals surface area contributed by atoms with Crippen molar-refractivity contribution in [2.75, 3.05) is 18.8 Å². The van der Waals surface area contributed by atoms with Crippen molar-refractivity contribution in [2.24, 2.45) is 31.2 Å². The molecule has 0 saturated heterocycles. The van der Waals surface area contributed by atoms with Crippen molar-refractivity contribution in [2.45, 2.75) is 300 Å². The van der Waals surface area contributed by atoms with Gasteiger partial charge in [0.15, 0.2) is 15.6 Å². The summed E-state index contributed by atoms with van der Waals surface area (Å²) < 4.78 is 23.2. The molecule has 7 aromatic rings. The molecule has 26 heteroatoms. The number of rotatable bonds is 1. The van der Waals surface area contributed by atoms with Crippen molar-refractivity contribution in [1.29, 1.82) is 0 Å². The van der Waals surface area contributed by atoms with Gasteiger partial charge in [0.2, 0.25) is 0 Å². The summed E-state index contributed by atoms with van der Waals surface area (Å²) in [7, 11) is -3.00. The maximum atomic E-state index is 11.1. The molecule has 1 unspecified atom stereocenters. The Bertz CT molecular complexity index is 4470. The molecule has 0 aliphatic carbocycles. The van der Waals surface area contributed by atoms with E-state index >= 15 is 0 Å². The molecule has 0 aromatic carbocycles. The van der Waals surface area contributed by atoms with E-state index in [0.717, 1.165) is 92.4 Å². The number of nitrogens with zero attached hydrogens (tertiary/aromatic N) is 10. The number of aromatic amines is 7. The molecule has 113 heavy (non-hydrogen) atoms. The van der Waals surface area contributed by atoms with Gasteiger partial charge in [-0.2, -0.15) is 10.5 Å². The number of H-pyrrole nitrogens is 7. The number of aromatic nitrogens is 14. The third kappa shape index (κ3) is 39.0. The number of imidazole rings is 7. The van der Waals surface area contributed by atoms with E-state index in [9.17, 15) is 13.2 Å². The summed E-state index contributed by atoms with van der Waals surface area (Å²) in [5.41, 5.74) is 9.23. The van der Waals surface area contributed by atoms with Crippen LogP contribution in [-0.2, 0) is 47.7 Å². The predicted octanol–water partition coefficient (Wildman–Crippen LogP) is 23.6. The number of carbonyl (C=O) groups is 1. The van der Waals surface area contributed by atoms with Gasteiger partial charge in [-0.15, -0.1) is 24.6 Å². The quantitative estimate of drug-likeness (QED) is 0.0461. The Balaban J connectivity index is 0.00000123. The van der Waals surface area contributed by atoms with E-state index < -0.39 is 9.84 Å². The molecule has 10 rings (SSSR count). The van der Waals surface area contributed by atoms with Crippen LogP contribution in [0.25, 0.3) is 0 Å². The Morgan fingerprint density at radius 2 is 0.885 bits per heavy atom. The number of carbonyl (C=O) groups excluding carboxylic acids is 1. The minimum Gasteiger partial charge on any atom is -0.346 e. The van der Waals surface area contributed by atoms with E-state index in [-0.39, 0.29) is 82.9 Å². The van der Waals surface area contributed by atoms with E-state index in [2.05, 4.69) is 330 Å². The lowest BCUT2D eigenvalue weighted by molar-refractivity contribution is 0.101. The first kappa shape index (κ1) is 106. The zero-order valence-electron chi connectivity index (χ0n) is 74.7. The molecule has 3 aliphatic heterocycles. The van der Waals surface area contributed by atoms with Gasteiger partial charge in [0, 0.05) is 121 Å². The molecule has 10 heterocycles. The number of ketones is 1. The molecule has 0 spiro atoms. The fourth-order valence-electron chi connectivity index (χ4n) is 8.80. The molecule has 630 valence electrons. The summed E-state index contributed by atoms with van der Waals surface area (Å²) in [5, 5.41) is 3.96. The molecule has 0 radical (unpaired) electrons. The van der Waals surface area contributed by atoms with Gasteiger partial charge < -0.3 is 34.9 Å². The molecule has 0 fully saturated rings. The van der Waals surface area contributed by atoms with Gasteiger partial charge in [0.05, 0.1) is 40.6 Å². The van der Waals surface area contributed by atoms with Gasteiger partial charge in [0.25, 0.3) is 0 Å². The molecule has 20 nitrogen and oxygen atoms in total. The van der Waals surface area contributed by atoms with Crippen LogP contribution in [0.15, 0.2) is 85.9 Å². The Morgan fingerprint density at radius 3 is 1.12 bits per heavy atom. The van der Waals surface area contributed by atoms with Gasteiger partial charge in [-0.25, -0.2) is 48.3 Å². The number of thioether (sulfide) groups is 1. The highest BCUT2D eigenvalue weighted by Crippen LogP contribution is 2.35. The smallest absolute Gasteiger partial charge is 0.189 e. The second-order valence-corrected chi connectivity index (χ2v) is 44.0. The number of nitrogens with one attached hydrogen (secondary N) is 7. The lowest BCUT2D eigenvalue weighted by Crippen LogP contribution is -2.13. The van der Waals surface area contributed by atoms with Gasteiger partial charge in [-0.05, 0) is 55.1 Å². The Labute approximate surface area is 706 Å². The Kier molecular flexibility index (Phi) is 40.7. The monoisotopic (exact) mass is 1720 g/mol. The third-order valence-corrected chi connectivity index (χ3v) is 19.7. The first-order valence-electron chi connectivity index (χ1n) is 37.3. The number of hydrogen-bond acceptors (Lipinski definition) is 14. The van der Waals surface area contributed by atoms with Crippen LogP contribution < -0.4 is 0 Å². The zero-order chi connectivity index (χ0) is 87.3. The highest BCUT2D eigenvalue weighted by atomic mass is 79.9. The fraction of sp³-hybridized carbons (Fsp3) is 0.586. The van der Waals surface area contributed by atoms with Crippen LogP contribution in [-0.4, -0.2) is 124 Å². The van der Waals surface area contributed by atoms with Crippen molar-refractivity contribution in [3.63, 3.8) is 0 Å². The number of halogens is 3. The largest absolute Gasteiger partial charge is 0.346 e. The number of aliphatic imine (C=N–C) groups is 3. The van der Waals surface area contributed by atoms with Crippen molar-refractivity contribution >= 4 is 98.0 Å². The molecule has 0 saturated carbocycles. The molecule has 7 aromatic heterocycles. The van der Waals surface area contributed by atoms with E-state index in [1.165, 1.54) is 34.7 Å². The van der Waals surface area contributed by atoms with Crippen LogP contribution in [0.5, 0.6) is 0 Å². The molecule has 0 amide bonds. The first-order chi connectivity index (χ1) is 50.5. The van der Waals surface area contributed by atoms with Crippen molar-refractivity contribution in [3.05, 3.63) is 156 Å². The number of sulfone groups is 1. The highest BCUT2D eigenvalue weighted by Gasteiger charge is 2.28. The van der Waals surface area contributed by atoms with Crippen molar-refractivity contribution < 1.29 is 13.2 Å². The minimum atomic E-state index is -3.10. The van der Waals surface area contributed by atoms with E-state index in [4.69, 9.17) is 36.0 Å². The fourth-order valence-corrected chi connectivity index (χ4v) is 11.1. The molecule has 7 N–H and O–H groups in total. The molecular formula is C87H140BrCl2N17O3S3. The zero-order valence-corrected chi connectivity index (χ0v) is 80.2. The van der Waals surface area contributed by atoms with E-state index in [1.54, 1.807) is 36.5 Å². The van der Waals surface area contributed by atoms with Gasteiger partial charge in [0.1, 0.15) is 77.8 Å². The van der Waals surface area contributed by atoms with E-state index in [0.29, 0.717) is 22.4 Å². The van der Waals surface area contributed by atoms with Crippen LogP contribution in [0.1, 0.15) is 321 Å². The average Bonchev–Trinajstić information content (AvgIpc) is 1.68. The van der Waals surface area contributed by atoms with Gasteiger partial charge in [-0.3, -0.25) is 14.8 Å². The molecule has 3 aliphatic rings. The first-order valence-corrected chi connectivity index (χ1v) is 43.8. The van der Waals surface area contributed by atoms with Crippen molar-refractivity contribution in [1.82, 2.24) is 69.8 Å². The third-order valence-electron chi connectivity index (χ3n) is 15.8. The number of aryl methyl sites for hydroxylation is 3. The summed E-state index contributed by atoms with van der Waals surface area (Å²) in [4.78, 5) is 75.1. The molecular weight excluding hydrogens is 1580 g/mol. The Hall–Kier alpha value is -6.93. The summed E-state index contributed by atoms with van der Waals surface area (Å²) in [6.45, 7) is 70.7. The standard InChI is InChI=1S/C10H14N2.C10H17NS.C9H14N2O.C9H12N2.C9H15NO2S.C9H15NS.C8H13ClN2.C8H14N2.C7H11BrN2.C7H11ClN2.CH4/c1-6-8-7(2)11-9(12-8)10(3,4)5;1-10(2,3)8-6-7-9(11-8)12(4)5;1-6(12)7-5-10-8(11-7)9(2,3)4;1-5-7-6-10-8(11-7)9(2,3)4;1-9(2,3)7-5-6-8(10-7)13(4,11)12;1-9(2,3)7-5-6-8(10-7)11-4;1-5-6(9)11-7(10-5)8(2,3)4;1-6-5-9-7(10-6)8(2,3)4;2*1-7(2,3)6-9-4-5(8)10-6;/h1H,2-5H3,(H,11,12);6H,4,7H2,1-3,5H3;5H,1-4H3,(H,10,11);1,6H,2-4H3,(H,10,11);5H,6H2,1-4H3;5H,6H2,1-4H3;1-4H3,(H,10,11);5H,1-4H3,(H,9,10);2*4H,1-3H3,(H,9,10);1H4. The molecule has 0 bridgehead atoms. The second-order valence-electron chi connectivity index (χ2n) is 37.8. The normalized spacial score (nSPS) is 13.9. The lowest BCUT2D eigenvalue weighted by Gasteiger charge is -2.16. The maximum absolute atomic E-state index is 11.1. The summed E-state index contributed by atoms with van der Waals surface area (Å²) in [5.74, 6) is 15.8. The van der Waals surface area contributed by atoms with Crippen LogP contribution in [0, 0.1) is 61.7 Å². The average molecular weight is 1720 g/mol. The lowest BCUT2D eigenvalue weighted by atomic mass is 9.92. The summed E-state index contributed by atoms with van der Waals surface area (Å²) >= 11 is 16.5. The topological polar surface area (TPSA) is 289 Å². The van der Waals surface area contributed by atoms with Crippen LogP contribution in [0.3, 0.4) is 0 Å². The predicted molar refractivity (Wildman–Crippen MR) is 493 cm³/mol. The minimum absolute atomic E-state index is 0. The number of Topliss-reactive ketones (excluding diaryl/α,β-unsaturated/α-hetero) is 1.